The summed E-state index contributed by atoms with van der Waals surface area (Å²) in [5, 5.41) is 0. The first-order chi connectivity index (χ1) is 15.8. The molecule has 0 aliphatic rings. The molecule has 0 aliphatic carbocycles. The van der Waals surface area contributed by atoms with Crippen molar-refractivity contribution in [2.75, 3.05) is 26.8 Å². The van der Waals surface area contributed by atoms with Crippen molar-refractivity contribution < 1.29 is 27.4 Å². The van der Waals surface area contributed by atoms with E-state index >= 15 is 0 Å². The van der Waals surface area contributed by atoms with Gasteiger partial charge in [0.2, 0.25) is 21.5 Å². The monoisotopic (exact) mass is 470 g/mol. The van der Waals surface area contributed by atoms with Gasteiger partial charge in [0.05, 0.1) is 43.2 Å². The van der Waals surface area contributed by atoms with Crippen molar-refractivity contribution in [3.8, 4) is 17.2 Å². The van der Waals surface area contributed by atoms with Gasteiger partial charge in [0.1, 0.15) is 0 Å². The molecule has 0 atom stereocenters. The van der Waals surface area contributed by atoms with E-state index in [2.05, 4.69) is 10.9 Å². The predicted octanol–water partition coefficient (Wildman–Crippen LogP) is 3.54. The number of rotatable bonds is 9. The normalized spacial score (nSPS) is 10.9. The van der Waals surface area contributed by atoms with E-state index in [0.29, 0.717) is 28.5 Å². The highest BCUT2D eigenvalue weighted by Gasteiger charge is 2.18. The van der Waals surface area contributed by atoms with Gasteiger partial charge in [0, 0.05) is 0 Å². The van der Waals surface area contributed by atoms with Crippen molar-refractivity contribution in [3.05, 3.63) is 71.8 Å². The van der Waals surface area contributed by atoms with Gasteiger partial charge in [-0.2, -0.15) is 0 Å². The van der Waals surface area contributed by atoms with Gasteiger partial charge in [-0.25, -0.2) is 8.42 Å². The van der Waals surface area contributed by atoms with Crippen LogP contribution < -0.4 is 25.1 Å². The van der Waals surface area contributed by atoms with Crippen LogP contribution in [-0.2, 0) is 21.1 Å². The van der Waals surface area contributed by atoms with E-state index in [4.69, 9.17) is 14.2 Å². The van der Waals surface area contributed by atoms with Crippen molar-refractivity contribution >= 4 is 21.4 Å². The number of sulfone groups is 1. The minimum atomic E-state index is -3.61. The third-order valence-electron chi connectivity index (χ3n) is 4.93. The van der Waals surface area contributed by atoms with Crippen LogP contribution in [0.15, 0.2) is 70.5 Å². The molecule has 8 nitrogen and oxygen atoms in total. The highest BCUT2D eigenvalue weighted by molar-refractivity contribution is 7.91. The van der Waals surface area contributed by atoms with Gasteiger partial charge in [0.15, 0.2) is 11.5 Å². The quantitative estimate of drug-likeness (QED) is 0.461. The highest BCUT2D eigenvalue weighted by atomic mass is 32.2. The SMILES string of the molecule is COc1cc(CC(=O)NNc2ccc(S(=O)(=O)c3ccc(C)cc3)cc2)cc(OC)c1OC. The van der Waals surface area contributed by atoms with Crippen molar-refractivity contribution in [3.63, 3.8) is 0 Å². The summed E-state index contributed by atoms with van der Waals surface area (Å²) in [5.41, 5.74) is 7.57. The molecule has 0 unspecified atom stereocenters. The fourth-order valence-corrected chi connectivity index (χ4v) is 4.44. The van der Waals surface area contributed by atoms with Crippen molar-refractivity contribution in [2.24, 2.45) is 0 Å². The minimum Gasteiger partial charge on any atom is -0.493 e. The molecule has 3 rings (SSSR count). The minimum absolute atomic E-state index is 0.0591. The van der Waals surface area contributed by atoms with Crippen LogP contribution in [0.5, 0.6) is 17.2 Å². The number of anilines is 1. The van der Waals surface area contributed by atoms with Crippen molar-refractivity contribution in [2.45, 2.75) is 23.1 Å². The molecule has 1 amide bonds. The van der Waals surface area contributed by atoms with Crippen LogP contribution in [0.2, 0.25) is 0 Å². The Morgan fingerprint density at radius 1 is 0.818 bits per heavy atom. The van der Waals surface area contributed by atoms with Gasteiger partial charge in [-0.3, -0.25) is 15.6 Å². The Hall–Kier alpha value is -3.72. The Morgan fingerprint density at radius 2 is 1.33 bits per heavy atom. The maximum Gasteiger partial charge on any atom is 0.242 e. The van der Waals surface area contributed by atoms with Crippen LogP contribution in [-0.4, -0.2) is 35.7 Å². The highest BCUT2D eigenvalue weighted by Crippen LogP contribution is 2.38. The average molecular weight is 471 g/mol. The van der Waals surface area contributed by atoms with E-state index in [1.54, 1.807) is 48.5 Å². The van der Waals surface area contributed by atoms with Gasteiger partial charge in [-0.1, -0.05) is 17.7 Å². The predicted molar refractivity (Wildman–Crippen MR) is 125 cm³/mol. The number of methoxy groups -OCH3 is 3. The maximum atomic E-state index is 12.8. The summed E-state index contributed by atoms with van der Waals surface area (Å²) in [4.78, 5) is 12.8. The van der Waals surface area contributed by atoms with Gasteiger partial charge in [0.25, 0.3) is 0 Å². The Labute approximate surface area is 193 Å². The number of hydrogen-bond acceptors (Lipinski definition) is 7. The second-order valence-electron chi connectivity index (χ2n) is 7.22. The molecular weight excluding hydrogens is 444 g/mol. The van der Waals surface area contributed by atoms with E-state index in [1.165, 1.54) is 33.5 Å². The Balaban J connectivity index is 1.65. The standard InChI is InChI=1S/C24H26N2O6S/c1-16-5-9-19(10-6-16)33(28,29)20-11-7-18(8-12-20)25-26-23(27)15-17-13-21(30-2)24(32-4)22(14-17)31-3/h5-14,25H,15H2,1-4H3,(H,26,27). The van der Waals surface area contributed by atoms with E-state index in [-0.39, 0.29) is 22.1 Å². The fourth-order valence-electron chi connectivity index (χ4n) is 3.18. The van der Waals surface area contributed by atoms with Crippen LogP contribution in [0.3, 0.4) is 0 Å². The second-order valence-corrected chi connectivity index (χ2v) is 9.17. The zero-order valence-electron chi connectivity index (χ0n) is 18.8. The van der Waals surface area contributed by atoms with Gasteiger partial charge in [-0.05, 0) is 61.0 Å². The number of amides is 1. The van der Waals surface area contributed by atoms with E-state index in [0.717, 1.165) is 5.56 Å². The molecule has 0 aliphatic heterocycles. The second kappa shape index (κ2) is 10.3. The van der Waals surface area contributed by atoms with E-state index in [9.17, 15) is 13.2 Å². The zero-order valence-corrected chi connectivity index (χ0v) is 19.7. The number of aryl methyl sites for hydroxylation is 1. The van der Waals surface area contributed by atoms with Crippen LogP contribution in [0.4, 0.5) is 5.69 Å². The summed E-state index contributed by atoms with van der Waals surface area (Å²) in [5.74, 6) is 1.06. The summed E-state index contributed by atoms with van der Waals surface area (Å²) in [6.07, 6.45) is 0.0591. The van der Waals surface area contributed by atoms with Crippen LogP contribution in [0.1, 0.15) is 11.1 Å². The molecule has 0 bridgehead atoms. The summed E-state index contributed by atoms with van der Waals surface area (Å²) in [6.45, 7) is 1.90. The molecule has 0 saturated carbocycles. The number of carbonyl (C=O) groups is 1. The molecule has 0 saturated heterocycles. The number of hydrogen-bond donors (Lipinski definition) is 2. The Bertz CT molecular complexity index is 1200. The molecule has 3 aromatic carbocycles. The summed E-state index contributed by atoms with van der Waals surface area (Å²) >= 11 is 0. The van der Waals surface area contributed by atoms with E-state index in [1.807, 2.05) is 6.92 Å². The van der Waals surface area contributed by atoms with Crippen LogP contribution in [0, 0.1) is 6.92 Å². The summed E-state index contributed by atoms with van der Waals surface area (Å²) in [6, 6.07) is 16.2. The first kappa shape index (κ1) is 23.9. The maximum absolute atomic E-state index is 12.8. The van der Waals surface area contributed by atoms with Crippen LogP contribution in [0.25, 0.3) is 0 Å². The first-order valence-electron chi connectivity index (χ1n) is 10.0. The molecular formula is C24H26N2O6S. The Morgan fingerprint density at radius 3 is 1.82 bits per heavy atom. The molecule has 0 spiro atoms. The number of nitrogens with one attached hydrogen (secondary N) is 2. The smallest absolute Gasteiger partial charge is 0.242 e. The van der Waals surface area contributed by atoms with Gasteiger partial charge >= 0.3 is 0 Å². The molecule has 0 aromatic heterocycles. The molecule has 174 valence electrons. The number of ether oxygens (including phenoxy) is 3. The van der Waals surface area contributed by atoms with Crippen molar-refractivity contribution in [1.82, 2.24) is 5.43 Å². The number of hydrazine groups is 1. The summed E-state index contributed by atoms with van der Waals surface area (Å²) < 4.78 is 41.4. The molecule has 0 radical (unpaired) electrons. The first-order valence-corrected chi connectivity index (χ1v) is 11.5. The third kappa shape index (κ3) is 5.56. The zero-order chi connectivity index (χ0) is 24.0. The lowest BCUT2D eigenvalue weighted by Gasteiger charge is -2.14. The van der Waals surface area contributed by atoms with E-state index < -0.39 is 9.84 Å². The van der Waals surface area contributed by atoms with Crippen molar-refractivity contribution in [1.29, 1.82) is 0 Å². The van der Waals surface area contributed by atoms with Crippen LogP contribution >= 0.6 is 0 Å². The Kier molecular flexibility index (Phi) is 7.44. The van der Waals surface area contributed by atoms with Gasteiger partial charge < -0.3 is 14.2 Å². The largest absolute Gasteiger partial charge is 0.493 e. The lowest BCUT2D eigenvalue weighted by atomic mass is 10.1. The molecule has 3 aromatic rings. The molecule has 0 fully saturated rings. The molecule has 2 N–H and O–H groups in total. The molecule has 33 heavy (non-hydrogen) atoms. The molecule has 0 heterocycles. The summed E-state index contributed by atoms with van der Waals surface area (Å²) in [7, 11) is 0.906. The number of benzene rings is 3. The average Bonchev–Trinajstić information content (AvgIpc) is 2.82. The lowest BCUT2D eigenvalue weighted by Crippen LogP contribution is -2.30. The molecule has 9 heteroatoms. The van der Waals surface area contributed by atoms with Gasteiger partial charge in [-0.15, -0.1) is 0 Å². The number of carbonyl (C=O) groups excluding carboxylic acids is 1. The topological polar surface area (TPSA) is 103 Å². The fraction of sp³-hybridized carbons (Fsp3) is 0.208. The third-order valence-corrected chi connectivity index (χ3v) is 6.72. The lowest BCUT2D eigenvalue weighted by molar-refractivity contribution is -0.119.